The molecule has 1 aromatic heterocycles. The van der Waals surface area contributed by atoms with Crippen molar-refractivity contribution in [2.45, 2.75) is 69.5 Å². The number of rotatable bonds is 10. The lowest BCUT2D eigenvalue weighted by Gasteiger charge is -2.29. The number of hydrogen-bond donors (Lipinski definition) is 7. The first kappa shape index (κ1) is 27.1. The zero-order valence-electron chi connectivity index (χ0n) is 20.2. The van der Waals surface area contributed by atoms with Crippen molar-refractivity contribution in [3.05, 3.63) is 36.0 Å². The molecule has 2 heterocycles. The molecule has 196 valence electrons. The first-order valence-corrected chi connectivity index (χ1v) is 11.8. The molecule has 0 spiro atoms. The summed E-state index contributed by atoms with van der Waals surface area (Å²) in [5, 5.41) is 34.7. The number of H-pyrrole nitrogens is 1. The summed E-state index contributed by atoms with van der Waals surface area (Å²) in [7, 11) is 0. The summed E-state index contributed by atoms with van der Waals surface area (Å²) in [6, 6.07) is 2.52. The number of carbonyl (C=O) groups is 4. The Morgan fingerprint density at radius 3 is 2.47 bits per heavy atom. The average molecular weight is 504 g/mol. The van der Waals surface area contributed by atoms with Gasteiger partial charge in [-0.25, -0.2) is 4.79 Å². The van der Waals surface area contributed by atoms with Gasteiger partial charge in [0.1, 0.15) is 18.1 Å². The molecule has 1 aliphatic heterocycles. The van der Waals surface area contributed by atoms with E-state index >= 15 is 0 Å². The van der Waals surface area contributed by atoms with Crippen molar-refractivity contribution >= 4 is 34.6 Å². The largest absolute Gasteiger partial charge is 0.480 e. The third-order valence-electron chi connectivity index (χ3n) is 6.42. The van der Waals surface area contributed by atoms with Crippen molar-refractivity contribution in [1.29, 1.82) is 0 Å². The lowest BCUT2D eigenvalue weighted by Crippen LogP contribution is -2.59. The molecule has 12 heteroatoms. The highest BCUT2D eigenvalue weighted by atomic mass is 16.4. The maximum atomic E-state index is 13.3. The summed E-state index contributed by atoms with van der Waals surface area (Å²) < 4.78 is 0. The molecule has 1 aliphatic rings. The first-order valence-electron chi connectivity index (χ1n) is 11.8. The van der Waals surface area contributed by atoms with Crippen molar-refractivity contribution < 1.29 is 34.5 Å². The minimum Gasteiger partial charge on any atom is -0.480 e. The predicted octanol–water partition coefficient (Wildman–Crippen LogP) is -1.16. The van der Waals surface area contributed by atoms with Crippen LogP contribution in [-0.4, -0.2) is 91.8 Å². The number of aliphatic carboxylic acids is 1. The summed E-state index contributed by atoms with van der Waals surface area (Å²) in [6.07, 6.45) is 0.140. The van der Waals surface area contributed by atoms with Crippen LogP contribution in [0.3, 0.4) is 0 Å². The SMILES string of the molecule is CC(O)C(N)C(=O)N1CCCC1C(=O)NC(Cc1c[nH]c2ccccc12)C(=O)NC(C(=O)O)C(C)O. The van der Waals surface area contributed by atoms with Crippen LogP contribution in [0.4, 0.5) is 0 Å². The fourth-order valence-electron chi connectivity index (χ4n) is 4.34. The van der Waals surface area contributed by atoms with Crippen molar-refractivity contribution in [2.24, 2.45) is 5.73 Å². The summed E-state index contributed by atoms with van der Waals surface area (Å²) in [4.78, 5) is 55.0. The summed E-state index contributed by atoms with van der Waals surface area (Å²) in [5.74, 6) is -3.38. The smallest absolute Gasteiger partial charge is 0.328 e. The van der Waals surface area contributed by atoms with Gasteiger partial charge in [0.2, 0.25) is 17.7 Å². The van der Waals surface area contributed by atoms with Gasteiger partial charge in [0.15, 0.2) is 6.04 Å². The number of carboxylic acid groups (broad SMARTS) is 1. The summed E-state index contributed by atoms with van der Waals surface area (Å²) in [6.45, 7) is 2.90. The highest BCUT2D eigenvalue weighted by Crippen LogP contribution is 2.21. The van der Waals surface area contributed by atoms with E-state index in [1.54, 1.807) is 6.20 Å². The molecule has 6 unspecified atom stereocenters. The second-order valence-corrected chi connectivity index (χ2v) is 9.15. The molecule has 1 fully saturated rings. The minimum absolute atomic E-state index is 0.0294. The summed E-state index contributed by atoms with van der Waals surface area (Å²) >= 11 is 0. The van der Waals surface area contributed by atoms with Gasteiger partial charge in [-0.2, -0.15) is 0 Å². The van der Waals surface area contributed by atoms with Crippen LogP contribution < -0.4 is 16.4 Å². The molecule has 0 saturated carbocycles. The van der Waals surface area contributed by atoms with Gasteiger partial charge in [-0.15, -0.1) is 0 Å². The van der Waals surface area contributed by atoms with Gasteiger partial charge < -0.3 is 41.6 Å². The normalized spacial score (nSPS) is 19.8. The Bertz CT molecular complexity index is 1120. The van der Waals surface area contributed by atoms with Gasteiger partial charge in [-0.05, 0) is 38.3 Å². The van der Waals surface area contributed by atoms with E-state index in [-0.39, 0.29) is 13.0 Å². The molecule has 1 aromatic carbocycles. The van der Waals surface area contributed by atoms with Crippen LogP contribution in [-0.2, 0) is 25.6 Å². The van der Waals surface area contributed by atoms with Crippen LogP contribution in [0.25, 0.3) is 10.9 Å². The first-order chi connectivity index (χ1) is 17.0. The maximum Gasteiger partial charge on any atom is 0.328 e. The van der Waals surface area contributed by atoms with Crippen molar-refractivity contribution in [1.82, 2.24) is 20.5 Å². The van der Waals surface area contributed by atoms with Crippen molar-refractivity contribution in [2.75, 3.05) is 6.54 Å². The number of nitrogens with two attached hydrogens (primary N) is 1. The molecule has 3 amide bonds. The zero-order valence-corrected chi connectivity index (χ0v) is 20.2. The molecular weight excluding hydrogens is 470 g/mol. The molecule has 0 bridgehead atoms. The van der Waals surface area contributed by atoms with Crippen molar-refractivity contribution in [3.63, 3.8) is 0 Å². The van der Waals surface area contributed by atoms with E-state index < -0.39 is 60.1 Å². The number of fused-ring (bicyclic) bond motifs is 1. The predicted molar refractivity (Wildman–Crippen MR) is 130 cm³/mol. The summed E-state index contributed by atoms with van der Waals surface area (Å²) in [5.41, 5.74) is 7.32. The van der Waals surface area contributed by atoms with Gasteiger partial charge in [0.05, 0.1) is 12.2 Å². The zero-order chi connectivity index (χ0) is 26.6. The Labute approximate surface area is 207 Å². The molecule has 3 rings (SSSR count). The fourth-order valence-corrected chi connectivity index (χ4v) is 4.34. The van der Waals surface area contributed by atoms with Crippen LogP contribution in [0, 0.1) is 0 Å². The van der Waals surface area contributed by atoms with Crippen LogP contribution >= 0.6 is 0 Å². The van der Waals surface area contributed by atoms with E-state index in [0.29, 0.717) is 18.4 Å². The standard InChI is InChI=1S/C24H33N5O7/c1-12(30)19(25)23(34)29-9-5-8-18(29)22(33)27-17(21(32)28-20(13(2)31)24(35)36)10-14-11-26-16-7-4-3-6-15(14)16/h3-4,6-7,11-13,17-20,26,30-31H,5,8-10,25H2,1-2H3,(H,27,33)(H,28,32)(H,35,36). The Morgan fingerprint density at radius 2 is 1.83 bits per heavy atom. The molecule has 6 atom stereocenters. The number of aliphatic hydroxyl groups is 2. The van der Waals surface area contributed by atoms with Gasteiger partial charge >= 0.3 is 5.97 Å². The Kier molecular flexibility index (Phi) is 8.66. The van der Waals surface area contributed by atoms with E-state index in [9.17, 15) is 34.5 Å². The van der Waals surface area contributed by atoms with Gasteiger partial charge in [0, 0.05) is 30.1 Å². The van der Waals surface area contributed by atoms with Crippen LogP contribution in [0.1, 0.15) is 32.3 Å². The number of aliphatic hydroxyl groups excluding tert-OH is 2. The van der Waals surface area contributed by atoms with E-state index in [2.05, 4.69) is 15.6 Å². The molecular formula is C24H33N5O7. The third kappa shape index (κ3) is 6.01. The Hall–Kier alpha value is -3.48. The Morgan fingerprint density at radius 1 is 1.14 bits per heavy atom. The number of para-hydroxylation sites is 1. The Balaban J connectivity index is 1.84. The van der Waals surface area contributed by atoms with E-state index in [1.807, 2.05) is 24.3 Å². The van der Waals surface area contributed by atoms with Crippen LogP contribution in [0.2, 0.25) is 0 Å². The third-order valence-corrected chi connectivity index (χ3v) is 6.42. The number of amides is 3. The van der Waals surface area contributed by atoms with Gasteiger partial charge in [0.25, 0.3) is 0 Å². The number of nitrogens with one attached hydrogen (secondary N) is 3. The van der Waals surface area contributed by atoms with E-state index in [4.69, 9.17) is 5.73 Å². The number of carboxylic acids is 1. The molecule has 8 N–H and O–H groups in total. The minimum atomic E-state index is -1.58. The van der Waals surface area contributed by atoms with Gasteiger partial charge in [-0.3, -0.25) is 14.4 Å². The molecule has 36 heavy (non-hydrogen) atoms. The number of benzene rings is 1. The molecule has 1 saturated heterocycles. The molecule has 0 aliphatic carbocycles. The number of aromatic nitrogens is 1. The molecule has 12 nitrogen and oxygen atoms in total. The highest BCUT2D eigenvalue weighted by molar-refractivity contribution is 5.95. The fraction of sp³-hybridized carbons (Fsp3) is 0.500. The topological polar surface area (TPSA) is 198 Å². The number of aromatic amines is 1. The lowest BCUT2D eigenvalue weighted by atomic mass is 10.0. The lowest BCUT2D eigenvalue weighted by molar-refractivity contribution is -0.145. The van der Waals surface area contributed by atoms with E-state index in [1.165, 1.54) is 18.7 Å². The number of carbonyl (C=O) groups excluding carboxylic acids is 3. The number of nitrogens with zero attached hydrogens (tertiary/aromatic N) is 1. The quantitative estimate of drug-likeness (QED) is 0.211. The maximum absolute atomic E-state index is 13.3. The van der Waals surface area contributed by atoms with Crippen LogP contribution in [0.15, 0.2) is 30.5 Å². The molecule has 0 radical (unpaired) electrons. The second-order valence-electron chi connectivity index (χ2n) is 9.15. The highest BCUT2D eigenvalue weighted by Gasteiger charge is 2.39. The number of hydrogen-bond acceptors (Lipinski definition) is 7. The van der Waals surface area contributed by atoms with Gasteiger partial charge in [-0.1, -0.05) is 18.2 Å². The van der Waals surface area contributed by atoms with E-state index in [0.717, 1.165) is 10.9 Å². The monoisotopic (exact) mass is 503 g/mol. The van der Waals surface area contributed by atoms with Crippen LogP contribution in [0.5, 0.6) is 0 Å². The van der Waals surface area contributed by atoms with Crippen molar-refractivity contribution in [3.8, 4) is 0 Å². The number of likely N-dealkylation sites (tertiary alicyclic amines) is 1. The average Bonchev–Trinajstić information content (AvgIpc) is 3.48. The second kappa shape index (κ2) is 11.5. The molecule has 2 aromatic rings.